The van der Waals surface area contributed by atoms with Crippen molar-refractivity contribution in [1.29, 1.82) is 0 Å². The number of hydrogen-bond acceptors (Lipinski definition) is 4. The van der Waals surface area contributed by atoms with E-state index in [0.29, 0.717) is 11.7 Å². The summed E-state index contributed by atoms with van der Waals surface area (Å²) < 4.78 is 6.08. The van der Waals surface area contributed by atoms with Crippen LogP contribution in [0.15, 0.2) is 27.2 Å². The summed E-state index contributed by atoms with van der Waals surface area (Å²) in [5.74, 6) is 1.02. The number of aromatic nitrogens is 2. The van der Waals surface area contributed by atoms with Crippen molar-refractivity contribution in [1.82, 2.24) is 10.1 Å². The van der Waals surface area contributed by atoms with Gasteiger partial charge in [-0.15, -0.1) is 0 Å². The van der Waals surface area contributed by atoms with Crippen LogP contribution in [0.25, 0.3) is 11.5 Å². The third-order valence-electron chi connectivity index (χ3n) is 1.94. The average molecular weight is 268 g/mol. The van der Waals surface area contributed by atoms with Gasteiger partial charge >= 0.3 is 0 Å². The van der Waals surface area contributed by atoms with Crippen LogP contribution in [0.4, 0.5) is 0 Å². The Balaban J connectivity index is 2.44. The SMILES string of the molecule is Cc1cc(Br)cc(-c2nc(CN)no2)c1. The third kappa shape index (κ3) is 2.24. The zero-order chi connectivity index (χ0) is 10.8. The molecule has 2 aromatic rings. The molecule has 0 aliphatic carbocycles. The molecule has 0 unspecified atom stereocenters. The molecular weight excluding hydrogens is 258 g/mol. The predicted octanol–water partition coefficient (Wildman–Crippen LogP) is 2.27. The van der Waals surface area contributed by atoms with E-state index in [0.717, 1.165) is 15.6 Å². The van der Waals surface area contributed by atoms with E-state index in [1.165, 1.54) is 0 Å². The van der Waals surface area contributed by atoms with Gasteiger partial charge in [-0.05, 0) is 30.7 Å². The number of nitrogens with zero attached hydrogens (tertiary/aromatic N) is 2. The van der Waals surface area contributed by atoms with Crippen molar-refractivity contribution in [2.24, 2.45) is 5.73 Å². The first-order valence-corrected chi connectivity index (χ1v) is 5.28. The minimum atomic E-state index is 0.288. The highest BCUT2D eigenvalue weighted by Gasteiger charge is 2.08. The van der Waals surface area contributed by atoms with Gasteiger partial charge in [-0.3, -0.25) is 0 Å². The van der Waals surface area contributed by atoms with Crippen molar-refractivity contribution in [3.8, 4) is 11.5 Å². The van der Waals surface area contributed by atoms with Crippen molar-refractivity contribution >= 4 is 15.9 Å². The second-order valence-corrected chi connectivity index (χ2v) is 4.15. The van der Waals surface area contributed by atoms with Gasteiger partial charge in [-0.25, -0.2) is 0 Å². The Morgan fingerprint density at radius 2 is 2.20 bits per heavy atom. The smallest absolute Gasteiger partial charge is 0.258 e. The minimum absolute atomic E-state index is 0.288. The lowest BCUT2D eigenvalue weighted by Crippen LogP contribution is -1.97. The lowest BCUT2D eigenvalue weighted by atomic mass is 10.1. The number of halogens is 1. The summed E-state index contributed by atoms with van der Waals surface area (Å²) in [6.45, 7) is 2.30. The number of nitrogens with two attached hydrogens (primary N) is 1. The molecule has 0 saturated heterocycles. The van der Waals surface area contributed by atoms with Crippen LogP contribution in [0.1, 0.15) is 11.4 Å². The Hall–Kier alpha value is -1.20. The van der Waals surface area contributed by atoms with E-state index in [-0.39, 0.29) is 6.54 Å². The molecule has 78 valence electrons. The standard InChI is InChI=1S/C10H10BrN3O/c1-6-2-7(4-8(11)3-6)10-13-9(5-12)14-15-10/h2-4H,5,12H2,1H3. The van der Waals surface area contributed by atoms with Gasteiger partial charge in [0.25, 0.3) is 5.89 Å². The molecule has 0 atom stereocenters. The molecule has 0 fully saturated rings. The topological polar surface area (TPSA) is 64.9 Å². The molecule has 1 aromatic carbocycles. The zero-order valence-corrected chi connectivity index (χ0v) is 9.78. The van der Waals surface area contributed by atoms with E-state index >= 15 is 0 Å². The Bertz CT molecular complexity index is 461. The summed E-state index contributed by atoms with van der Waals surface area (Å²) >= 11 is 3.42. The van der Waals surface area contributed by atoms with Crippen LogP contribution in [0.5, 0.6) is 0 Å². The molecule has 0 bridgehead atoms. The van der Waals surface area contributed by atoms with Gasteiger partial charge < -0.3 is 10.3 Å². The maximum Gasteiger partial charge on any atom is 0.258 e. The van der Waals surface area contributed by atoms with Gasteiger partial charge in [-0.1, -0.05) is 21.1 Å². The van der Waals surface area contributed by atoms with Crippen molar-refractivity contribution in [3.63, 3.8) is 0 Å². The van der Waals surface area contributed by atoms with Crippen LogP contribution in [-0.2, 0) is 6.54 Å². The first-order chi connectivity index (χ1) is 7.19. The van der Waals surface area contributed by atoms with Crippen molar-refractivity contribution in [3.05, 3.63) is 34.1 Å². The van der Waals surface area contributed by atoms with Crippen LogP contribution in [0, 0.1) is 6.92 Å². The molecule has 0 aliphatic heterocycles. The lowest BCUT2D eigenvalue weighted by molar-refractivity contribution is 0.423. The maximum atomic E-state index is 5.41. The van der Waals surface area contributed by atoms with Gasteiger partial charge in [0.2, 0.25) is 0 Å². The molecule has 4 nitrogen and oxygen atoms in total. The van der Waals surface area contributed by atoms with Crippen molar-refractivity contribution in [2.75, 3.05) is 0 Å². The third-order valence-corrected chi connectivity index (χ3v) is 2.40. The second kappa shape index (κ2) is 4.12. The summed E-state index contributed by atoms with van der Waals surface area (Å²) in [4.78, 5) is 4.16. The minimum Gasteiger partial charge on any atom is -0.334 e. The van der Waals surface area contributed by atoms with E-state index in [1.54, 1.807) is 0 Å². The van der Waals surface area contributed by atoms with E-state index < -0.39 is 0 Å². The summed E-state index contributed by atoms with van der Waals surface area (Å²) in [5.41, 5.74) is 7.44. The quantitative estimate of drug-likeness (QED) is 0.907. The van der Waals surface area contributed by atoms with Crippen LogP contribution in [0.2, 0.25) is 0 Å². The Kier molecular flexibility index (Phi) is 2.83. The molecule has 1 heterocycles. The molecule has 1 aromatic heterocycles. The lowest BCUT2D eigenvalue weighted by Gasteiger charge is -1.98. The Morgan fingerprint density at radius 1 is 1.40 bits per heavy atom. The monoisotopic (exact) mass is 267 g/mol. The molecular formula is C10H10BrN3O. The maximum absolute atomic E-state index is 5.41. The highest BCUT2D eigenvalue weighted by atomic mass is 79.9. The van der Waals surface area contributed by atoms with Gasteiger partial charge in [0, 0.05) is 10.0 Å². The van der Waals surface area contributed by atoms with Crippen molar-refractivity contribution < 1.29 is 4.52 Å². The van der Waals surface area contributed by atoms with Gasteiger partial charge in [0.1, 0.15) is 0 Å². The van der Waals surface area contributed by atoms with Crippen LogP contribution in [0.3, 0.4) is 0 Å². The molecule has 2 N–H and O–H groups in total. The molecule has 15 heavy (non-hydrogen) atoms. The number of aryl methyl sites for hydroxylation is 1. The fourth-order valence-electron chi connectivity index (χ4n) is 1.31. The van der Waals surface area contributed by atoms with Crippen molar-refractivity contribution in [2.45, 2.75) is 13.5 Å². The molecule has 2 rings (SSSR count). The van der Waals surface area contributed by atoms with Crippen LogP contribution >= 0.6 is 15.9 Å². The number of benzene rings is 1. The fraction of sp³-hybridized carbons (Fsp3) is 0.200. The first kappa shape index (κ1) is 10.3. The highest BCUT2D eigenvalue weighted by molar-refractivity contribution is 9.10. The Morgan fingerprint density at radius 3 is 2.80 bits per heavy atom. The normalized spacial score (nSPS) is 10.6. The van der Waals surface area contributed by atoms with Gasteiger partial charge in [0.05, 0.1) is 6.54 Å². The van der Waals surface area contributed by atoms with Crippen LogP contribution in [-0.4, -0.2) is 10.1 Å². The van der Waals surface area contributed by atoms with E-state index in [2.05, 4.69) is 26.1 Å². The fourth-order valence-corrected chi connectivity index (χ4v) is 1.92. The Labute approximate surface area is 95.6 Å². The molecule has 0 aliphatic rings. The second-order valence-electron chi connectivity index (χ2n) is 3.24. The molecule has 0 amide bonds. The zero-order valence-electron chi connectivity index (χ0n) is 8.20. The summed E-state index contributed by atoms with van der Waals surface area (Å²) in [6, 6.07) is 5.93. The summed E-state index contributed by atoms with van der Waals surface area (Å²) in [7, 11) is 0. The van der Waals surface area contributed by atoms with E-state index in [1.807, 2.05) is 25.1 Å². The molecule has 0 spiro atoms. The van der Waals surface area contributed by atoms with Gasteiger partial charge in [0.15, 0.2) is 5.82 Å². The summed E-state index contributed by atoms with van der Waals surface area (Å²) in [6.07, 6.45) is 0. The van der Waals surface area contributed by atoms with E-state index in [9.17, 15) is 0 Å². The van der Waals surface area contributed by atoms with Crippen LogP contribution < -0.4 is 5.73 Å². The largest absolute Gasteiger partial charge is 0.334 e. The summed E-state index contributed by atoms with van der Waals surface area (Å²) in [5, 5.41) is 3.74. The predicted molar refractivity (Wildman–Crippen MR) is 60.1 cm³/mol. The molecule has 5 heteroatoms. The molecule has 0 saturated carbocycles. The van der Waals surface area contributed by atoms with Gasteiger partial charge in [-0.2, -0.15) is 4.98 Å². The van der Waals surface area contributed by atoms with E-state index in [4.69, 9.17) is 10.3 Å². The first-order valence-electron chi connectivity index (χ1n) is 4.49. The average Bonchev–Trinajstić information content (AvgIpc) is 2.64. The highest BCUT2D eigenvalue weighted by Crippen LogP contribution is 2.23. The number of hydrogen-bond donors (Lipinski definition) is 1. The number of rotatable bonds is 2. The molecule has 0 radical (unpaired) electrons.